The Kier molecular flexibility index (Phi) is 4.16. The molecule has 0 saturated carbocycles. The summed E-state index contributed by atoms with van der Waals surface area (Å²) in [4.78, 5) is 11.1. The maximum Gasteiger partial charge on any atom is 0.306 e. The first-order valence-electron chi connectivity index (χ1n) is 5.08. The van der Waals surface area contributed by atoms with Crippen molar-refractivity contribution in [1.29, 1.82) is 0 Å². The molecule has 0 fully saturated rings. The Labute approximate surface area is 89.7 Å². The van der Waals surface area contributed by atoms with E-state index in [9.17, 15) is 9.90 Å². The van der Waals surface area contributed by atoms with Crippen molar-refractivity contribution >= 4 is 5.97 Å². The number of aryl methyl sites for hydroxylation is 2. The molecule has 1 N–H and O–H groups in total. The number of esters is 1. The average Bonchev–Trinajstić information content (AvgIpc) is 2.21. The van der Waals surface area contributed by atoms with E-state index >= 15 is 0 Å². The van der Waals surface area contributed by atoms with Gasteiger partial charge in [-0.15, -0.1) is 0 Å². The number of carbonyl (C=O) groups is 1. The van der Waals surface area contributed by atoms with Gasteiger partial charge in [-0.3, -0.25) is 4.79 Å². The minimum absolute atomic E-state index is 0.224. The van der Waals surface area contributed by atoms with E-state index in [2.05, 4.69) is 0 Å². The lowest BCUT2D eigenvalue weighted by atomic mass is 10.1. The van der Waals surface area contributed by atoms with Crippen molar-refractivity contribution in [3.05, 3.63) is 29.3 Å². The van der Waals surface area contributed by atoms with Gasteiger partial charge >= 0.3 is 5.97 Å². The maximum atomic E-state index is 11.1. The Balaban J connectivity index is 2.58. The Morgan fingerprint density at radius 2 is 2.20 bits per heavy atom. The molecular weight excluding hydrogens is 192 g/mol. The number of hydrogen-bond acceptors (Lipinski definition) is 3. The monoisotopic (exact) mass is 208 g/mol. The van der Waals surface area contributed by atoms with Gasteiger partial charge in [-0.1, -0.05) is 18.2 Å². The van der Waals surface area contributed by atoms with E-state index in [1.165, 1.54) is 0 Å². The zero-order valence-electron chi connectivity index (χ0n) is 9.12. The molecule has 0 amide bonds. The van der Waals surface area contributed by atoms with Crippen molar-refractivity contribution in [2.45, 2.75) is 26.7 Å². The van der Waals surface area contributed by atoms with Gasteiger partial charge in [-0.05, 0) is 31.4 Å². The Morgan fingerprint density at radius 1 is 1.47 bits per heavy atom. The first-order valence-corrected chi connectivity index (χ1v) is 5.08. The van der Waals surface area contributed by atoms with Crippen molar-refractivity contribution in [1.82, 2.24) is 0 Å². The van der Waals surface area contributed by atoms with Gasteiger partial charge < -0.3 is 9.84 Å². The third-order valence-electron chi connectivity index (χ3n) is 2.23. The highest BCUT2D eigenvalue weighted by Crippen LogP contribution is 2.22. The Morgan fingerprint density at radius 3 is 2.87 bits per heavy atom. The number of ether oxygens (including phenoxy) is 1. The van der Waals surface area contributed by atoms with E-state index < -0.39 is 0 Å². The lowest BCUT2D eigenvalue weighted by Crippen LogP contribution is -2.05. The fourth-order valence-electron chi connectivity index (χ4n) is 1.39. The molecule has 0 spiro atoms. The highest BCUT2D eigenvalue weighted by molar-refractivity contribution is 5.69. The average molecular weight is 208 g/mol. The number of para-hydroxylation sites is 1. The minimum atomic E-state index is -0.224. The predicted molar refractivity (Wildman–Crippen MR) is 57.8 cm³/mol. The number of rotatable bonds is 4. The summed E-state index contributed by atoms with van der Waals surface area (Å²) in [5.74, 6) is 0.0557. The second-order valence-corrected chi connectivity index (χ2v) is 3.39. The summed E-state index contributed by atoms with van der Waals surface area (Å²) in [6.45, 7) is 4.02. The lowest BCUT2D eigenvalue weighted by Gasteiger charge is -2.06. The van der Waals surface area contributed by atoms with Crippen LogP contribution >= 0.6 is 0 Å². The van der Waals surface area contributed by atoms with Crippen molar-refractivity contribution in [2.24, 2.45) is 0 Å². The van der Waals surface area contributed by atoms with Crippen LogP contribution in [0.15, 0.2) is 18.2 Å². The van der Waals surface area contributed by atoms with Crippen LogP contribution in [0.25, 0.3) is 0 Å². The van der Waals surface area contributed by atoms with Crippen molar-refractivity contribution in [2.75, 3.05) is 6.61 Å². The van der Waals surface area contributed by atoms with E-state index in [0.717, 1.165) is 11.1 Å². The van der Waals surface area contributed by atoms with Crippen molar-refractivity contribution in [3.63, 3.8) is 0 Å². The van der Waals surface area contributed by atoms with Gasteiger partial charge in [0.15, 0.2) is 0 Å². The molecule has 0 aliphatic heterocycles. The molecular formula is C12H16O3. The second-order valence-electron chi connectivity index (χ2n) is 3.39. The molecule has 1 rings (SSSR count). The Bertz CT molecular complexity index is 345. The van der Waals surface area contributed by atoms with E-state index in [0.29, 0.717) is 19.4 Å². The SMILES string of the molecule is CCOC(=O)CCc1cccc(C)c1O. The summed E-state index contributed by atoms with van der Waals surface area (Å²) >= 11 is 0. The Hall–Kier alpha value is -1.51. The summed E-state index contributed by atoms with van der Waals surface area (Å²) < 4.78 is 4.81. The molecule has 0 bridgehead atoms. The van der Waals surface area contributed by atoms with Crippen molar-refractivity contribution < 1.29 is 14.6 Å². The van der Waals surface area contributed by atoms with E-state index in [-0.39, 0.29) is 11.7 Å². The predicted octanol–water partition coefficient (Wildman–Crippen LogP) is 2.20. The number of carbonyl (C=O) groups excluding carboxylic acids is 1. The topological polar surface area (TPSA) is 46.5 Å². The van der Waals surface area contributed by atoms with Gasteiger partial charge in [0.25, 0.3) is 0 Å². The van der Waals surface area contributed by atoms with Gasteiger partial charge in [0.1, 0.15) is 5.75 Å². The highest BCUT2D eigenvalue weighted by Gasteiger charge is 2.07. The van der Waals surface area contributed by atoms with Gasteiger partial charge in [0.05, 0.1) is 6.61 Å². The molecule has 0 unspecified atom stereocenters. The summed E-state index contributed by atoms with van der Waals surface area (Å²) in [5, 5.41) is 9.69. The van der Waals surface area contributed by atoms with E-state index in [1.54, 1.807) is 6.92 Å². The van der Waals surface area contributed by atoms with Crippen LogP contribution in [0.4, 0.5) is 0 Å². The fourth-order valence-corrected chi connectivity index (χ4v) is 1.39. The zero-order valence-corrected chi connectivity index (χ0v) is 9.12. The molecule has 1 aromatic carbocycles. The third-order valence-corrected chi connectivity index (χ3v) is 2.23. The van der Waals surface area contributed by atoms with Gasteiger partial charge in [0, 0.05) is 6.42 Å². The summed E-state index contributed by atoms with van der Waals surface area (Å²) in [6, 6.07) is 5.53. The van der Waals surface area contributed by atoms with Crippen LogP contribution in [-0.2, 0) is 16.0 Å². The zero-order chi connectivity index (χ0) is 11.3. The van der Waals surface area contributed by atoms with Gasteiger partial charge in [-0.25, -0.2) is 0 Å². The molecule has 15 heavy (non-hydrogen) atoms. The largest absolute Gasteiger partial charge is 0.507 e. The van der Waals surface area contributed by atoms with E-state index in [1.807, 2.05) is 25.1 Å². The molecule has 0 saturated heterocycles. The van der Waals surface area contributed by atoms with Crippen LogP contribution in [0.5, 0.6) is 5.75 Å². The minimum Gasteiger partial charge on any atom is -0.507 e. The molecule has 0 aromatic heterocycles. The third kappa shape index (κ3) is 3.27. The molecule has 1 aromatic rings. The molecule has 0 aliphatic rings. The van der Waals surface area contributed by atoms with Gasteiger partial charge in [0.2, 0.25) is 0 Å². The quantitative estimate of drug-likeness (QED) is 0.771. The van der Waals surface area contributed by atoms with Crippen LogP contribution in [0, 0.1) is 6.92 Å². The molecule has 3 nitrogen and oxygen atoms in total. The summed E-state index contributed by atoms with van der Waals surface area (Å²) in [5.41, 5.74) is 1.62. The van der Waals surface area contributed by atoms with Crippen molar-refractivity contribution in [3.8, 4) is 5.75 Å². The molecule has 0 aliphatic carbocycles. The number of phenolic OH excluding ortho intramolecular Hbond substituents is 1. The molecule has 0 radical (unpaired) electrons. The molecule has 0 heterocycles. The van der Waals surface area contributed by atoms with Crippen LogP contribution in [-0.4, -0.2) is 17.7 Å². The smallest absolute Gasteiger partial charge is 0.306 e. The first kappa shape index (κ1) is 11.6. The standard InChI is InChI=1S/C12H16O3/c1-3-15-11(13)8-7-10-6-4-5-9(2)12(10)14/h4-6,14H,3,7-8H2,1-2H3. The van der Waals surface area contributed by atoms with Gasteiger partial charge in [-0.2, -0.15) is 0 Å². The van der Waals surface area contributed by atoms with Crippen LogP contribution in [0.2, 0.25) is 0 Å². The number of phenols is 1. The normalized spacial score (nSPS) is 10.0. The van der Waals surface area contributed by atoms with E-state index in [4.69, 9.17) is 4.74 Å². The fraction of sp³-hybridized carbons (Fsp3) is 0.417. The first-order chi connectivity index (χ1) is 7.15. The van der Waals surface area contributed by atoms with Crippen LogP contribution in [0.1, 0.15) is 24.5 Å². The number of benzene rings is 1. The molecule has 3 heteroatoms. The highest BCUT2D eigenvalue weighted by atomic mass is 16.5. The number of aromatic hydroxyl groups is 1. The second kappa shape index (κ2) is 5.39. The molecule has 82 valence electrons. The lowest BCUT2D eigenvalue weighted by molar-refractivity contribution is -0.143. The summed E-state index contributed by atoms with van der Waals surface area (Å²) in [7, 11) is 0. The van der Waals surface area contributed by atoms with Crippen LogP contribution < -0.4 is 0 Å². The maximum absolute atomic E-state index is 11.1. The van der Waals surface area contributed by atoms with Crippen LogP contribution in [0.3, 0.4) is 0 Å². The number of hydrogen-bond donors (Lipinski definition) is 1. The molecule has 0 atom stereocenters. The summed E-state index contributed by atoms with van der Waals surface area (Å²) in [6.07, 6.45) is 0.831.